The molecule has 1 atom stereocenters. The Labute approximate surface area is 161 Å². The molecule has 0 saturated carbocycles. The maximum absolute atomic E-state index is 12.7. The van der Waals surface area contributed by atoms with E-state index in [1.807, 2.05) is 41.6 Å². The molecule has 1 aliphatic rings. The van der Waals surface area contributed by atoms with Gasteiger partial charge in [-0.15, -0.1) is 0 Å². The van der Waals surface area contributed by atoms with Crippen molar-refractivity contribution in [2.45, 2.75) is 32.4 Å². The average molecular weight is 368 g/mol. The van der Waals surface area contributed by atoms with E-state index in [4.69, 9.17) is 4.74 Å². The summed E-state index contributed by atoms with van der Waals surface area (Å²) in [6, 6.07) is 11.9. The standard InChI is InChI=1S/C21H28N4O2/c1-3-24(15-17-10-12-22-13-11-17)19-5-4-14-25(16-19)21(26)23-18-6-8-20(27-2)9-7-18/h6-13,19H,3-5,14-16H2,1-2H3,(H,23,26)/t19-/m0/s1. The summed E-state index contributed by atoms with van der Waals surface area (Å²) < 4.78 is 5.16. The molecule has 0 unspecified atom stereocenters. The summed E-state index contributed by atoms with van der Waals surface area (Å²) >= 11 is 0. The normalized spacial score (nSPS) is 17.0. The molecule has 0 bridgehead atoms. The van der Waals surface area contributed by atoms with Crippen LogP contribution >= 0.6 is 0 Å². The molecule has 6 nitrogen and oxygen atoms in total. The highest BCUT2D eigenvalue weighted by atomic mass is 16.5. The Bertz CT molecular complexity index is 721. The van der Waals surface area contributed by atoms with E-state index in [1.165, 1.54) is 5.56 Å². The fourth-order valence-electron chi connectivity index (χ4n) is 3.54. The van der Waals surface area contributed by atoms with Gasteiger partial charge in [0.15, 0.2) is 0 Å². The third-order valence-corrected chi connectivity index (χ3v) is 5.08. The molecule has 1 aromatic heterocycles. The summed E-state index contributed by atoms with van der Waals surface area (Å²) in [5.74, 6) is 0.778. The number of benzene rings is 1. The second kappa shape index (κ2) is 9.37. The predicted octanol–water partition coefficient (Wildman–Crippen LogP) is 3.61. The molecule has 1 aromatic carbocycles. The van der Waals surface area contributed by atoms with E-state index in [0.717, 1.165) is 50.5 Å². The minimum absolute atomic E-state index is 0.0372. The van der Waals surface area contributed by atoms with Crippen molar-refractivity contribution < 1.29 is 9.53 Å². The number of ether oxygens (including phenoxy) is 1. The second-order valence-electron chi connectivity index (χ2n) is 6.82. The van der Waals surface area contributed by atoms with Crippen LogP contribution in [0.3, 0.4) is 0 Å². The Morgan fingerprint density at radius 1 is 1.26 bits per heavy atom. The lowest BCUT2D eigenvalue weighted by molar-refractivity contribution is 0.112. The van der Waals surface area contributed by atoms with Crippen LogP contribution in [0.4, 0.5) is 10.5 Å². The summed E-state index contributed by atoms with van der Waals surface area (Å²) in [5.41, 5.74) is 2.04. The molecule has 2 heterocycles. The van der Waals surface area contributed by atoms with Gasteiger partial charge in [-0.05, 0) is 61.3 Å². The van der Waals surface area contributed by atoms with Gasteiger partial charge in [-0.25, -0.2) is 4.79 Å². The van der Waals surface area contributed by atoms with Crippen LogP contribution in [0.2, 0.25) is 0 Å². The number of methoxy groups -OCH3 is 1. The van der Waals surface area contributed by atoms with Gasteiger partial charge in [0, 0.05) is 43.8 Å². The number of rotatable bonds is 6. The van der Waals surface area contributed by atoms with Gasteiger partial charge in [0.05, 0.1) is 7.11 Å². The number of likely N-dealkylation sites (N-methyl/N-ethyl adjacent to an activating group) is 1. The number of urea groups is 1. The van der Waals surface area contributed by atoms with Gasteiger partial charge in [0.1, 0.15) is 5.75 Å². The van der Waals surface area contributed by atoms with E-state index in [0.29, 0.717) is 6.04 Å². The zero-order valence-corrected chi connectivity index (χ0v) is 16.1. The molecule has 0 radical (unpaired) electrons. The van der Waals surface area contributed by atoms with Crippen LogP contribution in [0.5, 0.6) is 5.75 Å². The van der Waals surface area contributed by atoms with Crippen molar-refractivity contribution in [2.75, 3.05) is 32.1 Å². The number of pyridine rings is 1. The summed E-state index contributed by atoms with van der Waals surface area (Å²) in [6.45, 7) is 5.57. The van der Waals surface area contributed by atoms with Gasteiger partial charge >= 0.3 is 6.03 Å². The zero-order chi connectivity index (χ0) is 19.1. The highest BCUT2D eigenvalue weighted by Gasteiger charge is 2.27. The number of hydrogen-bond acceptors (Lipinski definition) is 4. The maximum Gasteiger partial charge on any atom is 0.321 e. The fraction of sp³-hybridized carbons (Fsp3) is 0.429. The highest BCUT2D eigenvalue weighted by molar-refractivity contribution is 5.89. The first-order chi connectivity index (χ1) is 13.2. The average Bonchev–Trinajstić information content (AvgIpc) is 2.73. The van der Waals surface area contributed by atoms with Gasteiger partial charge < -0.3 is 15.0 Å². The minimum atomic E-state index is -0.0372. The Morgan fingerprint density at radius 3 is 2.67 bits per heavy atom. The molecule has 1 aliphatic heterocycles. The number of anilines is 1. The van der Waals surface area contributed by atoms with Gasteiger partial charge in [-0.1, -0.05) is 6.92 Å². The van der Waals surface area contributed by atoms with Crippen LogP contribution in [0, 0.1) is 0 Å². The Morgan fingerprint density at radius 2 is 2.00 bits per heavy atom. The molecular weight excluding hydrogens is 340 g/mol. The zero-order valence-electron chi connectivity index (χ0n) is 16.1. The molecule has 2 amide bonds. The van der Waals surface area contributed by atoms with Crippen molar-refractivity contribution in [3.05, 3.63) is 54.4 Å². The van der Waals surface area contributed by atoms with Crippen molar-refractivity contribution in [2.24, 2.45) is 0 Å². The Hall–Kier alpha value is -2.60. The van der Waals surface area contributed by atoms with Gasteiger partial charge in [-0.3, -0.25) is 9.88 Å². The van der Waals surface area contributed by atoms with Crippen LogP contribution in [0.25, 0.3) is 0 Å². The van der Waals surface area contributed by atoms with E-state index >= 15 is 0 Å². The second-order valence-corrected chi connectivity index (χ2v) is 6.82. The van der Waals surface area contributed by atoms with Gasteiger partial charge in [0.25, 0.3) is 0 Å². The van der Waals surface area contributed by atoms with Crippen LogP contribution in [0.15, 0.2) is 48.8 Å². The van der Waals surface area contributed by atoms with Crippen molar-refractivity contribution in [1.82, 2.24) is 14.8 Å². The molecule has 0 aliphatic carbocycles. The van der Waals surface area contributed by atoms with E-state index < -0.39 is 0 Å². The first-order valence-electron chi connectivity index (χ1n) is 9.52. The molecule has 3 rings (SSSR count). The van der Waals surface area contributed by atoms with Crippen molar-refractivity contribution in [3.8, 4) is 5.75 Å². The number of aromatic nitrogens is 1. The molecule has 1 saturated heterocycles. The lowest BCUT2D eigenvalue weighted by Gasteiger charge is -2.39. The topological polar surface area (TPSA) is 57.7 Å². The highest BCUT2D eigenvalue weighted by Crippen LogP contribution is 2.20. The Balaban J connectivity index is 1.59. The number of nitrogens with one attached hydrogen (secondary N) is 1. The quantitative estimate of drug-likeness (QED) is 0.846. The monoisotopic (exact) mass is 368 g/mol. The number of carbonyl (C=O) groups excluding carboxylic acids is 1. The summed E-state index contributed by atoms with van der Waals surface area (Å²) in [7, 11) is 1.63. The first kappa shape index (κ1) is 19.2. The molecule has 27 heavy (non-hydrogen) atoms. The number of carbonyl (C=O) groups is 1. The third-order valence-electron chi connectivity index (χ3n) is 5.08. The molecule has 0 spiro atoms. The summed E-state index contributed by atoms with van der Waals surface area (Å²) in [6.07, 6.45) is 5.80. The third kappa shape index (κ3) is 5.20. The fourth-order valence-corrected chi connectivity index (χ4v) is 3.54. The van der Waals surface area contributed by atoms with E-state index in [-0.39, 0.29) is 6.03 Å². The number of likely N-dealkylation sites (tertiary alicyclic amines) is 1. The lowest BCUT2D eigenvalue weighted by atomic mass is 10.0. The molecule has 1 fully saturated rings. The first-order valence-corrected chi connectivity index (χ1v) is 9.52. The lowest BCUT2D eigenvalue weighted by Crippen LogP contribution is -2.50. The minimum Gasteiger partial charge on any atom is -0.497 e. The largest absolute Gasteiger partial charge is 0.497 e. The van der Waals surface area contributed by atoms with Crippen molar-refractivity contribution >= 4 is 11.7 Å². The molecule has 144 valence electrons. The molecular formula is C21H28N4O2. The van der Waals surface area contributed by atoms with Crippen LogP contribution < -0.4 is 10.1 Å². The molecule has 6 heteroatoms. The SMILES string of the molecule is CCN(Cc1ccncc1)[C@H]1CCCN(C(=O)Nc2ccc(OC)cc2)C1. The summed E-state index contributed by atoms with van der Waals surface area (Å²) in [4.78, 5) is 21.2. The number of piperidine rings is 1. The van der Waals surface area contributed by atoms with Crippen LogP contribution in [-0.4, -0.2) is 53.6 Å². The van der Waals surface area contributed by atoms with E-state index in [1.54, 1.807) is 7.11 Å². The smallest absolute Gasteiger partial charge is 0.321 e. The van der Waals surface area contributed by atoms with Crippen molar-refractivity contribution in [1.29, 1.82) is 0 Å². The number of amides is 2. The maximum atomic E-state index is 12.7. The number of nitrogens with zero attached hydrogens (tertiary/aromatic N) is 3. The van der Waals surface area contributed by atoms with Crippen LogP contribution in [0.1, 0.15) is 25.3 Å². The molecule has 2 aromatic rings. The van der Waals surface area contributed by atoms with E-state index in [9.17, 15) is 4.79 Å². The van der Waals surface area contributed by atoms with Gasteiger partial charge in [-0.2, -0.15) is 0 Å². The van der Waals surface area contributed by atoms with Gasteiger partial charge in [0.2, 0.25) is 0 Å². The summed E-state index contributed by atoms with van der Waals surface area (Å²) in [5, 5.41) is 2.99. The predicted molar refractivity (Wildman–Crippen MR) is 107 cm³/mol. The van der Waals surface area contributed by atoms with Crippen molar-refractivity contribution in [3.63, 3.8) is 0 Å². The Kier molecular flexibility index (Phi) is 6.65. The molecule has 1 N–H and O–H groups in total. The number of hydrogen-bond donors (Lipinski definition) is 1. The van der Waals surface area contributed by atoms with Crippen LogP contribution in [-0.2, 0) is 6.54 Å². The van der Waals surface area contributed by atoms with E-state index in [2.05, 4.69) is 34.3 Å².